The molecule has 0 bridgehead atoms. The lowest BCUT2D eigenvalue weighted by atomic mass is 10.2. The molecule has 1 atom stereocenters. The van der Waals surface area contributed by atoms with E-state index in [9.17, 15) is 0 Å². The molecular formula is C14H19N3OS. The quantitative estimate of drug-likeness (QED) is 0.872. The Bertz CT molecular complexity index is 569. The molecule has 1 fully saturated rings. The van der Waals surface area contributed by atoms with Crippen LogP contribution in [0.25, 0.3) is 11.0 Å². The molecule has 1 aromatic heterocycles. The standard InChI is InChI=1S/C14H19N3OS/c1-17-6-5-10(8-17)9-19-14-15-12-4-3-11(18-2)7-13(12)16-14/h3-4,7,10H,5-6,8-9H2,1-2H3,(H,15,16)/t10-/m0/s1. The molecule has 1 saturated heterocycles. The number of methoxy groups -OCH3 is 1. The minimum Gasteiger partial charge on any atom is -0.497 e. The molecule has 0 saturated carbocycles. The van der Waals surface area contributed by atoms with Crippen LogP contribution in [0.3, 0.4) is 0 Å². The number of hydrogen-bond acceptors (Lipinski definition) is 4. The Hall–Kier alpha value is -1.20. The molecular weight excluding hydrogens is 258 g/mol. The lowest BCUT2D eigenvalue weighted by Crippen LogP contribution is -2.14. The number of likely N-dealkylation sites (tertiary alicyclic amines) is 1. The number of nitrogens with zero attached hydrogens (tertiary/aromatic N) is 2. The van der Waals surface area contributed by atoms with E-state index < -0.39 is 0 Å². The Morgan fingerprint density at radius 1 is 1.53 bits per heavy atom. The molecule has 1 aliphatic heterocycles. The molecule has 0 amide bonds. The third kappa shape index (κ3) is 2.87. The molecule has 1 N–H and O–H groups in total. The van der Waals surface area contributed by atoms with Crippen molar-refractivity contribution in [2.75, 3.05) is 33.0 Å². The number of rotatable bonds is 4. The van der Waals surface area contributed by atoms with Crippen LogP contribution in [0.4, 0.5) is 0 Å². The number of imidazole rings is 1. The Morgan fingerprint density at radius 3 is 3.16 bits per heavy atom. The average Bonchev–Trinajstić information content (AvgIpc) is 3.01. The zero-order chi connectivity index (χ0) is 13.2. The number of thioether (sulfide) groups is 1. The number of benzene rings is 1. The molecule has 3 rings (SSSR count). The molecule has 0 unspecified atom stereocenters. The normalized spacial score (nSPS) is 20.2. The van der Waals surface area contributed by atoms with Crippen molar-refractivity contribution < 1.29 is 4.74 Å². The van der Waals surface area contributed by atoms with Gasteiger partial charge >= 0.3 is 0 Å². The molecule has 5 heteroatoms. The van der Waals surface area contributed by atoms with Gasteiger partial charge in [0.2, 0.25) is 0 Å². The summed E-state index contributed by atoms with van der Waals surface area (Å²) >= 11 is 1.82. The van der Waals surface area contributed by atoms with Gasteiger partial charge in [0, 0.05) is 18.4 Å². The molecule has 1 aliphatic rings. The van der Waals surface area contributed by atoms with Gasteiger partial charge in [0.1, 0.15) is 5.75 Å². The van der Waals surface area contributed by atoms with E-state index >= 15 is 0 Å². The maximum absolute atomic E-state index is 5.22. The first kappa shape index (κ1) is 12.8. The van der Waals surface area contributed by atoms with Crippen LogP contribution in [0, 0.1) is 5.92 Å². The van der Waals surface area contributed by atoms with Gasteiger partial charge in [-0.15, -0.1) is 0 Å². The van der Waals surface area contributed by atoms with E-state index in [0.717, 1.165) is 33.6 Å². The zero-order valence-corrected chi connectivity index (χ0v) is 12.2. The highest BCUT2D eigenvalue weighted by Gasteiger charge is 2.19. The highest BCUT2D eigenvalue weighted by Crippen LogP contribution is 2.26. The van der Waals surface area contributed by atoms with Crippen molar-refractivity contribution in [3.8, 4) is 5.75 Å². The molecule has 2 aromatic rings. The number of ether oxygens (including phenoxy) is 1. The van der Waals surface area contributed by atoms with Gasteiger partial charge in [-0.1, -0.05) is 11.8 Å². The fourth-order valence-corrected chi connectivity index (χ4v) is 3.53. The second kappa shape index (κ2) is 5.43. The summed E-state index contributed by atoms with van der Waals surface area (Å²) in [5.74, 6) is 2.80. The maximum Gasteiger partial charge on any atom is 0.166 e. The van der Waals surface area contributed by atoms with Crippen molar-refractivity contribution in [1.82, 2.24) is 14.9 Å². The van der Waals surface area contributed by atoms with E-state index in [0.29, 0.717) is 0 Å². The van der Waals surface area contributed by atoms with Crippen molar-refractivity contribution in [2.24, 2.45) is 5.92 Å². The topological polar surface area (TPSA) is 41.1 Å². The van der Waals surface area contributed by atoms with Crippen LogP contribution in [-0.2, 0) is 0 Å². The molecule has 1 aromatic carbocycles. The fourth-order valence-electron chi connectivity index (χ4n) is 2.52. The Morgan fingerprint density at radius 2 is 2.42 bits per heavy atom. The van der Waals surface area contributed by atoms with Gasteiger partial charge in [-0.2, -0.15) is 0 Å². The predicted molar refractivity (Wildman–Crippen MR) is 79.0 cm³/mol. The van der Waals surface area contributed by atoms with E-state index in [1.807, 2.05) is 30.0 Å². The molecule has 102 valence electrons. The number of hydrogen-bond donors (Lipinski definition) is 1. The summed E-state index contributed by atoms with van der Waals surface area (Å²) in [6.45, 7) is 2.43. The van der Waals surface area contributed by atoms with Crippen molar-refractivity contribution in [3.05, 3.63) is 18.2 Å². The number of fused-ring (bicyclic) bond motifs is 1. The summed E-state index contributed by atoms with van der Waals surface area (Å²) in [6.07, 6.45) is 1.30. The van der Waals surface area contributed by atoms with Gasteiger partial charge < -0.3 is 14.6 Å². The lowest BCUT2D eigenvalue weighted by molar-refractivity contribution is 0.403. The van der Waals surface area contributed by atoms with Crippen LogP contribution in [0.1, 0.15) is 6.42 Å². The number of H-pyrrole nitrogens is 1. The summed E-state index contributed by atoms with van der Waals surface area (Å²) in [6, 6.07) is 5.94. The maximum atomic E-state index is 5.22. The van der Waals surface area contributed by atoms with Crippen LogP contribution in [0.2, 0.25) is 0 Å². The minimum atomic E-state index is 0.790. The largest absolute Gasteiger partial charge is 0.497 e. The SMILES string of the molecule is COc1ccc2nc(SC[C@H]3CCN(C)C3)[nH]c2c1. The van der Waals surface area contributed by atoms with Gasteiger partial charge in [-0.25, -0.2) is 4.98 Å². The predicted octanol–water partition coefficient (Wildman–Crippen LogP) is 2.62. The Kier molecular flexibility index (Phi) is 3.66. The summed E-state index contributed by atoms with van der Waals surface area (Å²) in [7, 11) is 3.88. The third-order valence-electron chi connectivity index (χ3n) is 3.61. The summed E-state index contributed by atoms with van der Waals surface area (Å²) in [4.78, 5) is 10.4. The number of nitrogens with one attached hydrogen (secondary N) is 1. The number of aromatic nitrogens is 2. The first-order valence-corrected chi connectivity index (χ1v) is 7.58. The van der Waals surface area contributed by atoms with E-state index in [-0.39, 0.29) is 0 Å². The summed E-state index contributed by atoms with van der Waals surface area (Å²) in [5, 5.41) is 1.01. The average molecular weight is 277 g/mol. The van der Waals surface area contributed by atoms with Gasteiger partial charge in [0.05, 0.1) is 18.1 Å². The van der Waals surface area contributed by atoms with Crippen molar-refractivity contribution in [2.45, 2.75) is 11.6 Å². The zero-order valence-electron chi connectivity index (χ0n) is 11.3. The molecule has 0 radical (unpaired) electrons. The van der Waals surface area contributed by atoms with E-state index in [1.54, 1.807) is 7.11 Å². The van der Waals surface area contributed by atoms with Crippen molar-refractivity contribution >= 4 is 22.8 Å². The van der Waals surface area contributed by atoms with E-state index in [4.69, 9.17) is 4.74 Å². The highest BCUT2D eigenvalue weighted by atomic mass is 32.2. The molecule has 4 nitrogen and oxygen atoms in total. The molecule has 0 spiro atoms. The van der Waals surface area contributed by atoms with Gasteiger partial charge in [-0.3, -0.25) is 0 Å². The monoisotopic (exact) mass is 277 g/mol. The number of aromatic amines is 1. The highest BCUT2D eigenvalue weighted by molar-refractivity contribution is 7.99. The van der Waals surface area contributed by atoms with E-state index in [2.05, 4.69) is 21.9 Å². The van der Waals surface area contributed by atoms with Crippen molar-refractivity contribution in [1.29, 1.82) is 0 Å². The molecule has 2 heterocycles. The first-order valence-electron chi connectivity index (χ1n) is 6.59. The lowest BCUT2D eigenvalue weighted by Gasteiger charge is -2.08. The smallest absolute Gasteiger partial charge is 0.166 e. The van der Waals surface area contributed by atoms with E-state index in [1.165, 1.54) is 19.5 Å². The first-order chi connectivity index (χ1) is 9.24. The summed E-state index contributed by atoms with van der Waals surface area (Å²) < 4.78 is 5.22. The second-order valence-corrected chi connectivity index (χ2v) is 6.16. The van der Waals surface area contributed by atoms with Crippen LogP contribution in [-0.4, -0.2) is 47.9 Å². The third-order valence-corrected chi connectivity index (χ3v) is 4.72. The van der Waals surface area contributed by atoms with Crippen molar-refractivity contribution in [3.63, 3.8) is 0 Å². The Labute approximate surface area is 117 Å². The van der Waals surface area contributed by atoms with Crippen LogP contribution in [0.5, 0.6) is 5.75 Å². The Balaban J connectivity index is 1.67. The van der Waals surface area contributed by atoms with Gasteiger partial charge in [0.15, 0.2) is 5.16 Å². The van der Waals surface area contributed by atoms with Crippen LogP contribution >= 0.6 is 11.8 Å². The van der Waals surface area contributed by atoms with Crippen LogP contribution < -0.4 is 4.74 Å². The fraction of sp³-hybridized carbons (Fsp3) is 0.500. The minimum absolute atomic E-state index is 0.790. The molecule has 0 aliphatic carbocycles. The van der Waals surface area contributed by atoms with Gasteiger partial charge in [-0.05, 0) is 38.1 Å². The summed E-state index contributed by atoms with van der Waals surface area (Å²) in [5.41, 5.74) is 2.05. The molecule has 19 heavy (non-hydrogen) atoms. The second-order valence-electron chi connectivity index (χ2n) is 5.15. The van der Waals surface area contributed by atoms with Crippen LogP contribution in [0.15, 0.2) is 23.4 Å². The van der Waals surface area contributed by atoms with Gasteiger partial charge in [0.25, 0.3) is 0 Å².